The fraction of sp³-hybridized carbons (Fsp3) is 0.517. The number of hydrogen-bond donors (Lipinski definition) is 1. The lowest BCUT2D eigenvalue weighted by Gasteiger charge is -2.36. The molecule has 2 unspecified atom stereocenters. The molecule has 2 heterocycles. The van der Waals surface area contributed by atoms with E-state index in [4.69, 9.17) is 4.74 Å². The van der Waals surface area contributed by atoms with Crippen LogP contribution in [0.2, 0.25) is 0 Å². The first kappa shape index (κ1) is 28.2. The van der Waals surface area contributed by atoms with Gasteiger partial charge in [0.05, 0.1) is 11.3 Å². The molecule has 2 aromatic heterocycles. The Bertz CT molecular complexity index is 1320. The van der Waals surface area contributed by atoms with Crippen LogP contribution in [0.3, 0.4) is 0 Å². The second kappa shape index (κ2) is 11.9. The number of nitrogens with zero attached hydrogens (tertiary/aromatic N) is 4. The third-order valence-corrected chi connectivity index (χ3v) is 9.87. The van der Waals surface area contributed by atoms with E-state index in [9.17, 15) is 10.1 Å². The Hall–Kier alpha value is -2.83. The molecule has 1 amide bonds. The fourth-order valence-corrected chi connectivity index (χ4v) is 7.02. The number of aryl methyl sites for hydroxylation is 1. The number of benzene rings is 1. The van der Waals surface area contributed by atoms with E-state index in [1.165, 1.54) is 22.2 Å². The van der Waals surface area contributed by atoms with Crippen LogP contribution in [0.25, 0.3) is 0 Å². The summed E-state index contributed by atoms with van der Waals surface area (Å²) in [4.78, 5) is 14.2. The van der Waals surface area contributed by atoms with Crippen molar-refractivity contribution >= 4 is 34.0 Å². The van der Waals surface area contributed by atoms with E-state index in [-0.39, 0.29) is 23.2 Å². The topological polar surface area (TPSA) is 92.8 Å². The summed E-state index contributed by atoms with van der Waals surface area (Å²) in [7, 11) is 0. The van der Waals surface area contributed by atoms with E-state index < -0.39 is 0 Å². The summed E-state index contributed by atoms with van der Waals surface area (Å²) in [6.07, 6.45) is 3.81. The molecule has 0 saturated carbocycles. The molecule has 0 aliphatic heterocycles. The van der Waals surface area contributed by atoms with Crippen molar-refractivity contribution in [1.82, 2.24) is 14.8 Å². The van der Waals surface area contributed by atoms with Crippen molar-refractivity contribution in [3.05, 3.63) is 51.7 Å². The summed E-state index contributed by atoms with van der Waals surface area (Å²) >= 11 is 2.91. The SMILES string of the molecule is CCn1c(SCC(=O)Nc2sc3c(c2C#N)CCC(C(C)(C)CC)C3)nnc1C(C)Oc1ccc(C)cc1. The van der Waals surface area contributed by atoms with Crippen molar-refractivity contribution in [2.75, 3.05) is 11.1 Å². The lowest BCUT2D eigenvalue weighted by molar-refractivity contribution is -0.113. The maximum atomic E-state index is 12.9. The van der Waals surface area contributed by atoms with Gasteiger partial charge in [0, 0.05) is 11.4 Å². The predicted molar refractivity (Wildman–Crippen MR) is 154 cm³/mol. The monoisotopic (exact) mass is 551 g/mol. The molecular formula is C29H37N5O2S2. The zero-order valence-corrected chi connectivity index (χ0v) is 24.8. The van der Waals surface area contributed by atoms with Crippen LogP contribution < -0.4 is 10.1 Å². The molecule has 9 heteroatoms. The molecule has 1 aliphatic rings. The molecule has 0 bridgehead atoms. The van der Waals surface area contributed by atoms with E-state index in [0.717, 1.165) is 42.8 Å². The van der Waals surface area contributed by atoms with Crippen LogP contribution in [0, 0.1) is 29.6 Å². The van der Waals surface area contributed by atoms with Gasteiger partial charge in [0.2, 0.25) is 5.91 Å². The first-order valence-electron chi connectivity index (χ1n) is 13.3. The van der Waals surface area contributed by atoms with Crippen molar-refractivity contribution in [3.63, 3.8) is 0 Å². The molecule has 0 spiro atoms. The number of fused-ring (bicyclic) bond motifs is 1. The minimum atomic E-state index is -0.287. The first-order chi connectivity index (χ1) is 18.2. The summed E-state index contributed by atoms with van der Waals surface area (Å²) in [5.74, 6) is 2.13. The Morgan fingerprint density at radius 3 is 2.71 bits per heavy atom. The van der Waals surface area contributed by atoms with Crippen LogP contribution in [-0.2, 0) is 24.2 Å². The Labute approximate surface area is 234 Å². The average molecular weight is 552 g/mol. The van der Waals surface area contributed by atoms with Crippen molar-refractivity contribution < 1.29 is 9.53 Å². The lowest BCUT2D eigenvalue weighted by Crippen LogP contribution is -2.28. The van der Waals surface area contributed by atoms with Crippen molar-refractivity contribution in [2.45, 2.75) is 85.0 Å². The number of rotatable bonds is 10. The highest BCUT2D eigenvalue weighted by atomic mass is 32.2. The highest BCUT2D eigenvalue weighted by Crippen LogP contribution is 2.45. The molecule has 3 aromatic rings. The number of anilines is 1. The number of carbonyl (C=O) groups excluding carboxylic acids is 1. The predicted octanol–water partition coefficient (Wildman–Crippen LogP) is 6.95. The van der Waals surface area contributed by atoms with Crippen LogP contribution in [0.1, 0.15) is 81.0 Å². The zero-order valence-electron chi connectivity index (χ0n) is 23.1. The van der Waals surface area contributed by atoms with Gasteiger partial charge in [0.25, 0.3) is 0 Å². The molecule has 0 radical (unpaired) electrons. The van der Waals surface area contributed by atoms with E-state index >= 15 is 0 Å². The second-order valence-electron chi connectivity index (χ2n) is 10.6. The third kappa shape index (κ3) is 6.08. The van der Waals surface area contributed by atoms with Gasteiger partial charge in [0.15, 0.2) is 17.1 Å². The van der Waals surface area contributed by atoms with Gasteiger partial charge >= 0.3 is 0 Å². The third-order valence-electron chi connectivity index (χ3n) is 7.74. The molecule has 2 atom stereocenters. The van der Waals surface area contributed by atoms with Crippen LogP contribution >= 0.6 is 23.1 Å². The smallest absolute Gasteiger partial charge is 0.235 e. The van der Waals surface area contributed by atoms with E-state index in [1.807, 2.05) is 49.6 Å². The maximum absolute atomic E-state index is 12.9. The molecule has 202 valence electrons. The second-order valence-corrected chi connectivity index (χ2v) is 12.6. The van der Waals surface area contributed by atoms with Crippen LogP contribution in [-0.4, -0.2) is 26.4 Å². The quantitative estimate of drug-likeness (QED) is 0.274. The summed E-state index contributed by atoms with van der Waals surface area (Å²) in [5.41, 5.74) is 3.21. The molecule has 0 saturated heterocycles. The highest BCUT2D eigenvalue weighted by molar-refractivity contribution is 7.99. The van der Waals surface area contributed by atoms with Crippen LogP contribution in [0.4, 0.5) is 5.00 Å². The molecule has 4 rings (SSSR count). The van der Waals surface area contributed by atoms with Crippen molar-refractivity contribution in [2.24, 2.45) is 11.3 Å². The minimum Gasteiger partial charge on any atom is -0.483 e. The number of thioether (sulfide) groups is 1. The number of ether oxygens (including phenoxy) is 1. The molecule has 7 nitrogen and oxygen atoms in total. The van der Waals surface area contributed by atoms with Crippen LogP contribution in [0.5, 0.6) is 5.75 Å². The van der Waals surface area contributed by atoms with Gasteiger partial charge < -0.3 is 14.6 Å². The molecule has 1 N–H and O–H groups in total. The van der Waals surface area contributed by atoms with Gasteiger partial charge in [-0.05, 0) is 69.1 Å². The van der Waals surface area contributed by atoms with Gasteiger partial charge in [-0.1, -0.05) is 56.7 Å². The summed E-state index contributed by atoms with van der Waals surface area (Å²) in [6, 6.07) is 10.3. The normalized spacial score (nSPS) is 16.0. The molecule has 1 aromatic carbocycles. The Kier molecular flexibility index (Phi) is 8.84. The Balaban J connectivity index is 1.40. The number of carbonyl (C=O) groups is 1. The lowest BCUT2D eigenvalue weighted by atomic mass is 9.69. The van der Waals surface area contributed by atoms with Gasteiger partial charge in [0.1, 0.15) is 16.8 Å². The van der Waals surface area contributed by atoms with Crippen LogP contribution in [0.15, 0.2) is 29.4 Å². The summed E-state index contributed by atoms with van der Waals surface area (Å²) in [6.45, 7) is 13.6. The van der Waals surface area contributed by atoms with Gasteiger partial charge in [-0.25, -0.2) is 0 Å². The average Bonchev–Trinajstić information content (AvgIpc) is 3.48. The van der Waals surface area contributed by atoms with Gasteiger partial charge in [-0.15, -0.1) is 21.5 Å². The number of hydrogen-bond acceptors (Lipinski definition) is 7. The minimum absolute atomic E-state index is 0.147. The Morgan fingerprint density at radius 2 is 2.05 bits per heavy atom. The highest BCUT2D eigenvalue weighted by Gasteiger charge is 2.34. The molecule has 0 fully saturated rings. The van der Waals surface area contributed by atoms with E-state index in [0.29, 0.717) is 28.2 Å². The zero-order chi connectivity index (χ0) is 27.4. The first-order valence-corrected chi connectivity index (χ1v) is 15.1. The Morgan fingerprint density at radius 1 is 1.32 bits per heavy atom. The fourth-order valence-electron chi connectivity index (χ4n) is 4.92. The van der Waals surface area contributed by atoms with Gasteiger partial charge in [-0.3, -0.25) is 4.79 Å². The number of nitriles is 1. The largest absolute Gasteiger partial charge is 0.483 e. The summed E-state index contributed by atoms with van der Waals surface area (Å²) in [5, 5.41) is 22.9. The number of nitrogens with one attached hydrogen (secondary N) is 1. The van der Waals surface area contributed by atoms with E-state index in [1.54, 1.807) is 11.3 Å². The molecular weight excluding hydrogens is 514 g/mol. The maximum Gasteiger partial charge on any atom is 0.235 e. The standard InChI is InChI=1S/C29H37N5O2S2/c1-7-29(5,6)20-11-14-22-23(16-30)27(38-24(22)15-20)31-25(35)17-37-28-33-32-26(34(28)8-2)19(4)36-21-12-9-18(3)10-13-21/h9-10,12-13,19-20H,7-8,11,14-15,17H2,1-6H3,(H,31,35). The number of thiophene rings is 1. The van der Waals surface area contributed by atoms with Crippen molar-refractivity contribution in [3.8, 4) is 11.8 Å². The van der Waals surface area contributed by atoms with E-state index in [2.05, 4.69) is 42.4 Å². The summed E-state index contributed by atoms with van der Waals surface area (Å²) < 4.78 is 8.06. The van der Waals surface area contributed by atoms with Gasteiger partial charge in [-0.2, -0.15) is 5.26 Å². The number of aromatic nitrogens is 3. The molecule has 1 aliphatic carbocycles. The number of amides is 1. The molecule has 38 heavy (non-hydrogen) atoms. The van der Waals surface area contributed by atoms with Crippen molar-refractivity contribution in [1.29, 1.82) is 5.26 Å².